The molecule has 0 radical (unpaired) electrons. The topological polar surface area (TPSA) is 45.7 Å². The summed E-state index contributed by atoms with van der Waals surface area (Å²) >= 11 is 0. The minimum Gasteiger partial charge on any atom is -0.487 e. The highest BCUT2D eigenvalue weighted by Crippen LogP contribution is 2.44. The van der Waals surface area contributed by atoms with Crippen molar-refractivity contribution in [2.24, 2.45) is 5.41 Å². The molecule has 3 aromatic rings. The van der Waals surface area contributed by atoms with Crippen LogP contribution in [0.2, 0.25) is 0 Å². The fourth-order valence-corrected chi connectivity index (χ4v) is 5.51. The Morgan fingerprint density at radius 3 is 2.57 bits per heavy atom. The molecule has 1 spiro atoms. The molecule has 2 saturated heterocycles. The zero-order valence-electron chi connectivity index (χ0n) is 20.2. The number of ether oxygens (including phenoxy) is 1. The van der Waals surface area contributed by atoms with Gasteiger partial charge in [-0.2, -0.15) is 0 Å². The first-order chi connectivity index (χ1) is 17.0. The van der Waals surface area contributed by atoms with Crippen molar-refractivity contribution in [3.05, 3.63) is 95.6 Å². The zero-order chi connectivity index (χ0) is 24.3. The van der Waals surface area contributed by atoms with Crippen LogP contribution in [0.5, 0.6) is 5.75 Å². The molecule has 2 aliphatic heterocycles. The fourth-order valence-electron chi connectivity index (χ4n) is 5.51. The minimum absolute atomic E-state index is 0.174. The van der Waals surface area contributed by atoms with Crippen molar-refractivity contribution in [3.63, 3.8) is 0 Å². The molecule has 2 aromatic carbocycles. The fraction of sp³-hybridized carbons (Fsp3) is 0.379. The Morgan fingerprint density at radius 1 is 1.03 bits per heavy atom. The van der Waals surface area contributed by atoms with Crippen molar-refractivity contribution < 1.29 is 13.9 Å². The van der Waals surface area contributed by atoms with Gasteiger partial charge in [0.2, 0.25) is 5.91 Å². The van der Waals surface area contributed by atoms with Crippen molar-refractivity contribution in [1.29, 1.82) is 0 Å². The summed E-state index contributed by atoms with van der Waals surface area (Å²) in [6, 6.07) is 20.9. The Bertz CT molecular complexity index is 1140. The molecule has 1 atom stereocenters. The van der Waals surface area contributed by atoms with Crippen LogP contribution in [0.15, 0.2) is 72.9 Å². The van der Waals surface area contributed by atoms with Crippen LogP contribution in [-0.4, -0.2) is 46.9 Å². The van der Waals surface area contributed by atoms with Crippen molar-refractivity contribution in [2.75, 3.05) is 20.1 Å². The monoisotopic (exact) mass is 473 g/mol. The minimum atomic E-state index is -0.260. The van der Waals surface area contributed by atoms with E-state index in [1.54, 1.807) is 6.20 Å². The number of rotatable bonds is 7. The summed E-state index contributed by atoms with van der Waals surface area (Å²) in [7, 11) is 1.92. The normalized spacial score (nSPS) is 19.9. The van der Waals surface area contributed by atoms with Crippen LogP contribution in [0.4, 0.5) is 4.39 Å². The average Bonchev–Trinajstić information content (AvgIpc) is 3.11. The number of hydrogen-bond acceptors (Lipinski definition) is 4. The van der Waals surface area contributed by atoms with E-state index in [1.807, 2.05) is 54.4 Å². The summed E-state index contributed by atoms with van der Waals surface area (Å²) in [6.07, 6.45) is 5.19. The van der Waals surface area contributed by atoms with E-state index in [0.29, 0.717) is 6.61 Å². The molecule has 5 nitrogen and oxygen atoms in total. The number of nitrogens with zero attached hydrogens (tertiary/aromatic N) is 3. The Hall–Kier alpha value is -3.25. The first-order valence-electron chi connectivity index (χ1n) is 12.4. The Kier molecular flexibility index (Phi) is 6.82. The van der Waals surface area contributed by atoms with E-state index < -0.39 is 0 Å². The Balaban J connectivity index is 1.16. The number of amides is 1. The van der Waals surface area contributed by atoms with E-state index >= 15 is 0 Å². The number of halogens is 1. The van der Waals surface area contributed by atoms with E-state index in [4.69, 9.17) is 4.74 Å². The van der Waals surface area contributed by atoms with Gasteiger partial charge in [0, 0.05) is 25.8 Å². The number of piperidine rings is 1. The number of likely N-dealkylation sites (tertiary alicyclic amines) is 2. The Labute approximate surface area is 206 Å². The maximum atomic E-state index is 13.3. The van der Waals surface area contributed by atoms with Crippen LogP contribution in [0.1, 0.15) is 36.1 Å². The summed E-state index contributed by atoms with van der Waals surface area (Å²) in [5, 5.41) is 0. The SMILES string of the molecule is CN1C(=O)C2(CCN(Cc3cccc(OCc4ccccn4)c3)CC2)C[C@H]1Cc1ccc(F)cc1. The van der Waals surface area contributed by atoms with Gasteiger partial charge < -0.3 is 9.64 Å². The van der Waals surface area contributed by atoms with E-state index in [2.05, 4.69) is 22.0 Å². The second kappa shape index (κ2) is 10.2. The summed E-state index contributed by atoms with van der Waals surface area (Å²) < 4.78 is 19.2. The molecule has 1 amide bonds. The molecule has 3 heterocycles. The molecular weight excluding hydrogens is 441 g/mol. The number of carbonyl (C=O) groups is 1. The highest BCUT2D eigenvalue weighted by molar-refractivity contribution is 5.85. The number of pyridine rings is 1. The smallest absolute Gasteiger partial charge is 0.228 e. The molecule has 2 fully saturated rings. The predicted molar refractivity (Wildman–Crippen MR) is 133 cm³/mol. The van der Waals surface area contributed by atoms with Crippen molar-refractivity contribution in [2.45, 2.75) is 44.9 Å². The summed E-state index contributed by atoms with van der Waals surface area (Å²) in [5.41, 5.74) is 2.94. The van der Waals surface area contributed by atoms with Gasteiger partial charge in [0.05, 0.1) is 11.1 Å². The van der Waals surface area contributed by atoms with E-state index in [1.165, 1.54) is 17.7 Å². The predicted octanol–water partition coefficient (Wildman–Crippen LogP) is 4.86. The third-order valence-corrected chi connectivity index (χ3v) is 7.56. The molecule has 0 aliphatic carbocycles. The van der Waals surface area contributed by atoms with E-state index in [0.717, 1.165) is 62.3 Å². The van der Waals surface area contributed by atoms with Crippen LogP contribution in [0.3, 0.4) is 0 Å². The largest absolute Gasteiger partial charge is 0.487 e. The van der Waals surface area contributed by atoms with Gasteiger partial charge in [0.1, 0.15) is 18.2 Å². The van der Waals surface area contributed by atoms with Crippen LogP contribution < -0.4 is 4.74 Å². The second-order valence-corrected chi connectivity index (χ2v) is 9.92. The maximum absolute atomic E-state index is 13.3. The van der Waals surface area contributed by atoms with Gasteiger partial charge in [-0.05, 0) is 86.3 Å². The summed E-state index contributed by atoms with van der Waals surface area (Å²) in [4.78, 5) is 21.9. The highest BCUT2D eigenvalue weighted by Gasteiger charge is 2.51. The molecule has 0 unspecified atom stereocenters. The number of benzene rings is 2. The van der Waals surface area contributed by atoms with Gasteiger partial charge in [-0.25, -0.2) is 4.39 Å². The van der Waals surface area contributed by atoms with Gasteiger partial charge in [0.25, 0.3) is 0 Å². The molecule has 5 rings (SSSR count). The first-order valence-corrected chi connectivity index (χ1v) is 12.4. The zero-order valence-corrected chi connectivity index (χ0v) is 20.2. The third-order valence-electron chi connectivity index (χ3n) is 7.56. The van der Waals surface area contributed by atoms with Crippen LogP contribution in [0.25, 0.3) is 0 Å². The van der Waals surface area contributed by atoms with Crippen molar-refractivity contribution in [3.8, 4) is 5.75 Å². The van der Waals surface area contributed by atoms with Crippen LogP contribution in [-0.2, 0) is 24.4 Å². The lowest BCUT2D eigenvalue weighted by molar-refractivity contribution is -0.137. The molecule has 0 saturated carbocycles. The maximum Gasteiger partial charge on any atom is 0.228 e. The lowest BCUT2D eigenvalue weighted by atomic mass is 9.75. The van der Waals surface area contributed by atoms with Gasteiger partial charge in [-0.1, -0.05) is 30.3 Å². The third kappa shape index (κ3) is 5.38. The second-order valence-electron chi connectivity index (χ2n) is 9.92. The number of aromatic nitrogens is 1. The molecule has 6 heteroatoms. The molecule has 1 aromatic heterocycles. The number of carbonyl (C=O) groups excluding carboxylic acids is 1. The highest BCUT2D eigenvalue weighted by atomic mass is 19.1. The average molecular weight is 474 g/mol. The van der Waals surface area contributed by atoms with Crippen LogP contribution in [0, 0.1) is 11.2 Å². The van der Waals surface area contributed by atoms with Crippen molar-refractivity contribution >= 4 is 5.91 Å². The molecule has 35 heavy (non-hydrogen) atoms. The Morgan fingerprint density at radius 2 is 1.83 bits per heavy atom. The van der Waals surface area contributed by atoms with Crippen LogP contribution >= 0.6 is 0 Å². The number of hydrogen-bond donors (Lipinski definition) is 0. The quantitative estimate of drug-likeness (QED) is 0.492. The standard InChI is InChI=1S/C29H32FN3O2/c1-32-26(17-22-8-10-24(30)11-9-22)19-29(28(32)34)12-15-33(16-13-29)20-23-5-4-7-27(18-23)35-21-25-6-2-3-14-31-25/h2-11,14,18,26H,12-13,15-17,19-21H2,1H3/t26-/m1/s1. The molecule has 0 bridgehead atoms. The molecular formula is C29H32FN3O2. The van der Waals surface area contributed by atoms with Gasteiger partial charge in [0.15, 0.2) is 0 Å². The lowest BCUT2D eigenvalue weighted by Crippen LogP contribution is -2.43. The first kappa shape index (κ1) is 23.5. The lowest BCUT2D eigenvalue weighted by Gasteiger charge is -2.37. The van der Waals surface area contributed by atoms with Gasteiger partial charge in [-0.3, -0.25) is 14.7 Å². The van der Waals surface area contributed by atoms with Gasteiger partial charge in [-0.15, -0.1) is 0 Å². The van der Waals surface area contributed by atoms with E-state index in [9.17, 15) is 9.18 Å². The number of likely N-dealkylation sites (N-methyl/N-ethyl adjacent to an activating group) is 1. The summed E-state index contributed by atoms with van der Waals surface area (Å²) in [5.74, 6) is 0.894. The van der Waals surface area contributed by atoms with E-state index in [-0.39, 0.29) is 23.2 Å². The summed E-state index contributed by atoms with van der Waals surface area (Å²) in [6.45, 7) is 3.11. The molecule has 2 aliphatic rings. The molecule has 0 N–H and O–H groups in total. The van der Waals surface area contributed by atoms with Crippen molar-refractivity contribution in [1.82, 2.24) is 14.8 Å². The van der Waals surface area contributed by atoms with Gasteiger partial charge >= 0.3 is 0 Å². The molecule has 182 valence electrons.